The molecule has 0 radical (unpaired) electrons. The van der Waals surface area contributed by atoms with Crippen LogP contribution in [0.2, 0.25) is 0 Å². The molecule has 0 aromatic heterocycles. The molecular formula is C20H24N2O4. The third-order valence-corrected chi connectivity index (χ3v) is 5.92. The monoisotopic (exact) mass is 356 g/mol. The van der Waals surface area contributed by atoms with Crippen molar-refractivity contribution in [3.63, 3.8) is 0 Å². The van der Waals surface area contributed by atoms with Gasteiger partial charge < -0.3 is 19.6 Å². The Hall–Kier alpha value is -2.50. The number of benzene rings is 1. The van der Waals surface area contributed by atoms with Gasteiger partial charge in [0.2, 0.25) is 0 Å². The maximum atomic E-state index is 12.5. The highest BCUT2D eigenvalue weighted by Crippen LogP contribution is 2.48. The van der Waals surface area contributed by atoms with Crippen molar-refractivity contribution in [1.29, 1.82) is 0 Å². The van der Waals surface area contributed by atoms with Crippen LogP contribution in [0.15, 0.2) is 28.6 Å². The zero-order chi connectivity index (χ0) is 18.4. The van der Waals surface area contributed by atoms with Crippen molar-refractivity contribution in [2.45, 2.75) is 38.6 Å². The minimum absolute atomic E-state index is 0.0362. The molecule has 6 heteroatoms. The predicted molar refractivity (Wildman–Crippen MR) is 97.0 cm³/mol. The van der Waals surface area contributed by atoms with Gasteiger partial charge in [-0.15, -0.1) is 0 Å². The molecule has 0 bridgehead atoms. The van der Waals surface area contributed by atoms with Gasteiger partial charge in [0.05, 0.1) is 31.5 Å². The normalized spacial score (nSPS) is 26.3. The number of carbonyl (C=O) groups excluding carboxylic acids is 1. The second-order valence-corrected chi connectivity index (χ2v) is 7.17. The van der Waals surface area contributed by atoms with E-state index in [2.05, 4.69) is 10.1 Å². The van der Waals surface area contributed by atoms with Crippen molar-refractivity contribution in [3.05, 3.63) is 34.5 Å². The van der Waals surface area contributed by atoms with Crippen LogP contribution in [0.4, 0.5) is 0 Å². The maximum Gasteiger partial charge on any atom is 0.166 e. The van der Waals surface area contributed by atoms with Gasteiger partial charge in [-0.25, -0.2) is 0 Å². The number of ether oxygens (including phenoxy) is 2. The Morgan fingerprint density at radius 3 is 2.58 bits per heavy atom. The number of Topliss-reactive ketones (excluding diaryl/α,β-unsaturated/α-hetero) is 1. The smallest absolute Gasteiger partial charge is 0.166 e. The number of fused-ring (bicyclic) bond motifs is 4. The van der Waals surface area contributed by atoms with E-state index in [1.54, 1.807) is 14.2 Å². The van der Waals surface area contributed by atoms with Crippen LogP contribution in [0.1, 0.15) is 43.4 Å². The molecule has 138 valence electrons. The Bertz CT molecular complexity index is 827. The van der Waals surface area contributed by atoms with E-state index in [-0.39, 0.29) is 17.7 Å². The first-order valence-electron chi connectivity index (χ1n) is 9.10. The van der Waals surface area contributed by atoms with Gasteiger partial charge in [0.15, 0.2) is 17.3 Å². The first kappa shape index (κ1) is 16.9. The second-order valence-electron chi connectivity index (χ2n) is 7.17. The number of hydrogen-bond donors (Lipinski definition) is 1. The molecule has 6 nitrogen and oxygen atoms in total. The summed E-state index contributed by atoms with van der Waals surface area (Å²) in [6.45, 7) is 2.88. The summed E-state index contributed by atoms with van der Waals surface area (Å²) in [6, 6.07) is 4.12. The summed E-state index contributed by atoms with van der Waals surface area (Å²) in [7, 11) is 3.28. The fourth-order valence-electron chi connectivity index (χ4n) is 4.74. The number of allylic oxidation sites excluding steroid dienone is 2. The lowest BCUT2D eigenvalue weighted by molar-refractivity contribution is -0.116. The number of carbonyl (C=O) groups is 1. The van der Waals surface area contributed by atoms with E-state index in [0.717, 1.165) is 42.8 Å². The minimum Gasteiger partial charge on any atom is -0.493 e. The third kappa shape index (κ3) is 2.31. The average Bonchev–Trinajstić information content (AvgIpc) is 2.67. The number of methoxy groups -OCH3 is 2. The lowest BCUT2D eigenvalue weighted by Crippen LogP contribution is -2.47. The van der Waals surface area contributed by atoms with Gasteiger partial charge in [-0.05, 0) is 42.5 Å². The third-order valence-electron chi connectivity index (χ3n) is 5.92. The molecule has 0 amide bonds. The van der Waals surface area contributed by atoms with Gasteiger partial charge in [-0.3, -0.25) is 4.79 Å². The molecule has 0 spiro atoms. The number of oxime groups is 1. The van der Waals surface area contributed by atoms with Crippen LogP contribution in [0.3, 0.4) is 0 Å². The van der Waals surface area contributed by atoms with Gasteiger partial charge in [0, 0.05) is 24.6 Å². The lowest BCUT2D eigenvalue weighted by Gasteiger charge is -2.48. The fraction of sp³-hybridized carbons (Fsp3) is 0.500. The van der Waals surface area contributed by atoms with Crippen molar-refractivity contribution in [2.75, 3.05) is 20.8 Å². The summed E-state index contributed by atoms with van der Waals surface area (Å²) in [5.41, 5.74) is 4.59. The van der Waals surface area contributed by atoms with Gasteiger partial charge >= 0.3 is 0 Å². The summed E-state index contributed by atoms with van der Waals surface area (Å²) in [5, 5.41) is 13.2. The molecule has 2 heterocycles. The zero-order valence-electron chi connectivity index (χ0n) is 15.4. The highest BCUT2D eigenvalue weighted by Gasteiger charge is 2.44. The van der Waals surface area contributed by atoms with E-state index < -0.39 is 0 Å². The lowest BCUT2D eigenvalue weighted by atomic mass is 9.74. The summed E-state index contributed by atoms with van der Waals surface area (Å²) in [5.74, 6) is 1.44. The number of hydrogen-bond acceptors (Lipinski definition) is 6. The molecule has 4 rings (SSSR count). The van der Waals surface area contributed by atoms with E-state index >= 15 is 0 Å². The molecule has 1 aliphatic carbocycles. The summed E-state index contributed by atoms with van der Waals surface area (Å²) >= 11 is 0. The Morgan fingerprint density at radius 2 is 1.88 bits per heavy atom. The van der Waals surface area contributed by atoms with E-state index in [1.165, 1.54) is 5.56 Å². The van der Waals surface area contributed by atoms with Crippen molar-refractivity contribution in [1.82, 2.24) is 4.90 Å². The van der Waals surface area contributed by atoms with Gasteiger partial charge in [-0.1, -0.05) is 12.1 Å². The van der Waals surface area contributed by atoms with Crippen LogP contribution >= 0.6 is 0 Å². The van der Waals surface area contributed by atoms with Crippen LogP contribution in [0.5, 0.6) is 11.5 Å². The molecule has 2 aliphatic heterocycles. The second kappa shape index (κ2) is 6.34. The molecule has 1 N–H and O–H groups in total. The van der Waals surface area contributed by atoms with Crippen molar-refractivity contribution in [2.24, 2.45) is 11.1 Å². The largest absolute Gasteiger partial charge is 0.493 e. The van der Waals surface area contributed by atoms with Gasteiger partial charge in [0.25, 0.3) is 0 Å². The number of ketones is 1. The summed E-state index contributed by atoms with van der Waals surface area (Å²) < 4.78 is 11.0. The Balaban J connectivity index is 1.89. The zero-order valence-corrected chi connectivity index (χ0v) is 15.4. The van der Waals surface area contributed by atoms with Crippen molar-refractivity contribution < 1.29 is 19.5 Å². The van der Waals surface area contributed by atoms with Crippen LogP contribution < -0.4 is 9.47 Å². The standard InChI is InChI=1S/C20H24N2O4/c1-11-19(21-24)18-14(5-4-6-15(18)23)22-8-7-12-9-16(25-2)17(26-3)10-13(12)20(11)22/h9-11,20,24H,4-8H2,1-3H3/b21-19+. The topological polar surface area (TPSA) is 71.4 Å². The Kier molecular flexibility index (Phi) is 4.13. The minimum atomic E-state index is -0.0852. The summed E-state index contributed by atoms with van der Waals surface area (Å²) in [4.78, 5) is 14.9. The molecule has 3 aliphatic rings. The SMILES string of the molecule is COc1cc2c(cc1OC)C1C(C)/C(=N\O)C3=C(CCCC3=O)N1CC2. The predicted octanol–water partition coefficient (Wildman–Crippen LogP) is 3.09. The van der Waals surface area contributed by atoms with Crippen molar-refractivity contribution in [3.8, 4) is 11.5 Å². The first-order chi connectivity index (χ1) is 12.6. The highest BCUT2D eigenvalue weighted by molar-refractivity contribution is 6.24. The average molecular weight is 356 g/mol. The van der Waals surface area contributed by atoms with E-state index in [4.69, 9.17) is 9.47 Å². The number of nitrogens with zero attached hydrogens (tertiary/aromatic N) is 2. The van der Waals surface area contributed by atoms with E-state index in [1.807, 2.05) is 19.1 Å². The molecule has 0 saturated heterocycles. The van der Waals surface area contributed by atoms with Gasteiger partial charge in [-0.2, -0.15) is 0 Å². The van der Waals surface area contributed by atoms with Crippen LogP contribution in [-0.4, -0.2) is 42.4 Å². The summed E-state index contributed by atoms with van der Waals surface area (Å²) in [6.07, 6.45) is 3.12. The Labute approximate surface area is 153 Å². The van der Waals surface area contributed by atoms with Crippen LogP contribution in [0.25, 0.3) is 0 Å². The number of rotatable bonds is 2. The van der Waals surface area contributed by atoms with E-state index in [9.17, 15) is 10.0 Å². The first-order valence-corrected chi connectivity index (χ1v) is 9.10. The molecule has 1 aromatic carbocycles. The van der Waals surface area contributed by atoms with E-state index in [0.29, 0.717) is 23.5 Å². The molecule has 26 heavy (non-hydrogen) atoms. The molecule has 1 aromatic rings. The maximum absolute atomic E-state index is 12.5. The van der Waals surface area contributed by atoms with Crippen molar-refractivity contribution >= 4 is 11.5 Å². The molecule has 0 saturated carbocycles. The molecule has 2 unspecified atom stereocenters. The highest BCUT2D eigenvalue weighted by atomic mass is 16.5. The van der Waals surface area contributed by atoms with Gasteiger partial charge in [0.1, 0.15) is 0 Å². The van der Waals surface area contributed by atoms with Crippen LogP contribution in [0, 0.1) is 5.92 Å². The molecular weight excluding hydrogens is 332 g/mol. The fourth-order valence-corrected chi connectivity index (χ4v) is 4.74. The quantitative estimate of drug-likeness (QED) is 0.651. The molecule has 0 fully saturated rings. The Morgan fingerprint density at radius 1 is 1.15 bits per heavy atom. The van der Waals surface area contributed by atoms with Crippen LogP contribution in [-0.2, 0) is 11.2 Å². The molecule has 2 atom stereocenters.